The van der Waals surface area contributed by atoms with E-state index in [2.05, 4.69) is 5.32 Å². The van der Waals surface area contributed by atoms with E-state index in [0.29, 0.717) is 0 Å². The van der Waals surface area contributed by atoms with Gasteiger partial charge in [0.2, 0.25) is 5.78 Å². The molecule has 8 N–H and O–H groups in total. The number of aromatic hydroxyl groups is 1. The molecule has 6 atom stereocenters. The highest BCUT2D eigenvalue weighted by Crippen LogP contribution is 2.56. The number of Topliss-reactive ketones (excluding diaryl/α,β-unsaturated/α-hetero) is 2. The van der Waals surface area contributed by atoms with Gasteiger partial charge in [-0.3, -0.25) is 24.6 Å². The van der Waals surface area contributed by atoms with E-state index in [1.165, 1.54) is 31.1 Å². The van der Waals surface area contributed by atoms with Crippen molar-refractivity contribution in [2.45, 2.75) is 37.5 Å². The molecule has 5 rings (SSSR count). The van der Waals surface area contributed by atoms with Gasteiger partial charge in [0.1, 0.15) is 22.8 Å². The number of ketones is 2. The zero-order valence-corrected chi connectivity index (χ0v) is 23.7. The topological polar surface area (TPSA) is 220 Å². The molecular formula is C30H31N3O10. The summed E-state index contributed by atoms with van der Waals surface area (Å²) < 4.78 is 5.22. The lowest BCUT2D eigenvalue weighted by Crippen LogP contribution is -2.68. The van der Waals surface area contributed by atoms with Gasteiger partial charge in [0, 0.05) is 11.5 Å². The van der Waals surface area contributed by atoms with Crippen molar-refractivity contribution in [1.82, 2.24) is 4.90 Å². The highest BCUT2D eigenvalue weighted by atomic mass is 16.6. The number of carbonyl (C=O) groups is 4. The van der Waals surface area contributed by atoms with Gasteiger partial charge >= 0.3 is 6.09 Å². The van der Waals surface area contributed by atoms with E-state index in [1.807, 2.05) is 6.92 Å². The fourth-order valence-corrected chi connectivity index (χ4v) is 6.57. The summed E-state index contributed by atoms with van der Waals surface area (Å²) in [4.78, 5) is 53.4. The number of carbonyl (C=O) groups excluding carboxylic acids is 4. The number of fused-ring (bicyclic) bond motifs is 3. The van der Waals surface area contributed by atoms with E-state index in [0.717, 1.165) is 5.56 Å². The molecule has 0 heterocycles. The lowest BCUT2D eigenvalue weighted by molar-refractivity contribution is -0.162. The van der Waals surface area contributed by atoms with Crippen LogP contribution in [0.1, 0.15) is 34.3 Å². The monoisotopic (exact) mass is 593 g/mol. The lowest BCUT2D eigenvalue weighted by Gasteiger charge is -2.53. The van der Waals surface area contributed by atoms with Gasteiger partial charge in [-0.1, -0.05) is 30.7 Å². The summed E-state index contributed by atoms with van der Waals surface area (Å²) in [5.74, 6) is -9.84. The van der Waals surface area contributed by atoms with Crippen LogP contribution in [0.25, 0.3) is 0 Å². The number of ether oxygens (including phenoxy) is 1. The smallest absolute Gasteiger partial charge is 0.417 e. The Hall–Kier alpha value is -4.72. The predicted octanol–water partition coefficient (Wildman–Crippen LogP) is 1.57. The molecule has 0 saturated carbocycles. The van der Waals surface area contributed by atoms with E-state index < -0.39 is 87.5 Å². The van der Waals surface area contributed by atoms with Crippen LogP contribution < -0.4 is 15.8 Å². The summed E-state index contributed by atoms with van der Waals surface area (Å²) in [6.45, 7) is 3.46. The summed E-state index contributed by atoms with van der Waals surface area (Å²) >= 11 is 0. The van der Waals surface area contributed by atoms with Gasteiger partial charge in [-0.05, 0) is 50.7 Å². The zero-order chi connectivity index (χ0) is 31.7. The first-order chi connectivity index (χ1) is 20.1. The number of hydrogen-bond donors (Lipinski definition) is 7. The second-order valence-corrected chi connectivity index (χ2v) is 11.3. The summed E-state index contributed by atoms with van der Waals surface area (Å²) in [5, 5.41) is 59.2. The molecule has 3 aliphatic carbocycles. The Kier molecular flexibility index (Phi) is 7.08. The normalized spacial score (nSPS) is 28.3. The second-order valence-electron chi connectivity index (χ2n) is 11.3. The van der Waals surface area contributed by atoms with Gasteiger partial charge in [-0.15, -0.1) is 0 Å². The third-order valence-electron chi connectivity index (χ3n) is 8.60. The van der Waals surface area contributed by atoms with E-state index in [4.69, 9.17) is 10.5 Å². The number of aliphatic hydroxyl groups is 4. The lowest BCUT2D eigenvalue weighted by atomic mass is 9.55. The standard InChI is InChI=1S/C30H31N3O10/c1-11-5-7-13(8-6-11)43-29(41)32-15-10-9-14-12(2)16-18(23(35)17(14)22(15)34)26(38)30(42)20(24(16)36)21(33(3)4)25(37)19(27(30)39)28(31)40/h5-10,12,16,20-21,24,34,36-38,42H,1-4H3,(H2,31,40)(H,32,41). The Balaban J connectivity index is 1.61. The van der Waals surface area contributed by atoms with Crippen LogP contribution in [-0.2, 0) is 9.59 Å². The minimum atomic E-state index is -3.02. The summed E-state index contributed by atoms with van der Waals surface area (Å²) in [7, 11) is 2.92. The van der Waals surface area contributed by atoms with Crippen LogP contribution in [0.4, 0.5) is 10.5 Å². The number of aryl methyl sites for hydroxylation is 1. The van der Waals surface area contributed by atoms with Crippen molar-refractivity contribution < 1.29 is 49.4 Å². The number of primary amides is 1. The number of nitrogens with two attached hydrogens (primary N) is 1. The summed E-state index contributed by atoms with van der Waals surface area (Å²) in [6, 6.07) is 8.05. The average molecular weight is 594 g/mol. The Morgan fingerprint density at radius 3 is 2.26 bits per heavy atom. The number of benzene rings is 2. The third-order valence-corrected chi connectivity index (χ3v) is 8.60. The highest BCUT2D eigenvalue weighted by Gasteiger charge is 2.67. The molecule has 2 aromatic carbocycles. The first-order valence-corrected chi connectivity index (χ1v) is 13.4. The van der Waals surface area contributed by atoms with Crippen molar-refractivity contribution in [3.05, 3.63) is 75.8 Å². The highest BCUT2D eigenvalue weighted by molar-refractivity contribution is 6.25. The van der Waals surface area contributed by atoms with E-state index in [1.54, 1.807) is 31.2 Å². The summed E-state index contributed by atoms with van der Waals surface area (Å²) in [6.07, 6.45) is -2.67. The maximum Gasteiger partial charge on any atom is 0.417 e. The third kappa shape index (κ3) is 4.27. The molecule has 226 valence electrons. The van der Waals surface area contributed by atoms with E-state index in [9.17, 15) is 44.7 Å². The molecule has 2 amide bonds. The molecule has 0 bridgehead atoms. The maximum atomic E-state index is 13.9. The van der Waals surface area contributed by atoms with Crippen LogP contribution >= 0.6 is 0 Å². The molecule has 0 aromatic heterocycles. The van der Waals surface area contributed by atoms with Gasteiger partial charge in [-0.25, -0.2) is 4.79 Å². The number of phenols is 1. The first-order valence-electron chi connectivity index (χ1n) is 13.4. The number of phenolic OH excluding ortho intramolecular Hbond substituents is 1. The quantitative estimate of drug-likeness (QED) is 0.199. The molecule has 13 heteroatoms. The fraction of sp³-hybridized carbons (Fsp3) is 0.333. The van der Waals surface area contributed by atoms with Gasteiger partial charge in [0.05, 0.1) is 29.3 Å². The maximum absolute atomic E-state index is 13.9. The summed E-state index contributed by atoms with van der Waals surface area (Å²) in [5.41, 5.74) is 1.44. The number of nitrogens with one attached hydrogen (secondary N) is 1. The molecule has 13 nitrogen and oxygen atoms in total. The Bertz CT molecular complexity index is 1640. The number of rotatable bonds is 4. The first kappa shape index (κ1) is 29.8. The van der Waals surface area contributed by atoms with Crippen LogP contribution in [0, 0.1) is 18.8 Å². The minimum Gasteiger partial charge on any atom is -0.510 e. The van der Waals surface area contributed by atoms with Gasteiger partial charge in [-0.2, -0.15) is 0 Å². The van der Waals surface area contributed by atoms with Gasteiger partial charge in [0.15, 0.2) is 17.1 Å². The Morgan fingerprint density at radius 1 is 1.05 bits per heavy atom. The predicted molar refractivity (Wildman–Crippen MR) is 151 cm³/mol. The van der Waals surface area contributed by atoms with Crippen LogP contribution in [0.3, 0.4) is 0 Å². The molecule has 3 aliphatic rings. The van der Waals surface area contributed by atoms with E-state index >= 15 is 0 Å². The van der Waals surface area contributed by atoms with Crippen LogP contribution in [0.2, 0.25) is 0 Å². The molecule has 0 spiro atoms. The molecule has 0 fully saturated rings. The molecule has 0 aliphatic heterocycles. The van der Waals surface area contributed by atoms with Crippen LogP contribution in [0.15, 0.2) is 59.1 Å². The van der Waals surface area contributed by atoms with Crippen LogP contribution in [0.5, 0.6) is 11.5 Å². The van der Waals surface area contributed by atoms with Crippen molar-refractivity contribution in [2.75, 3.05) is 19.4 Å². The number of amides is 2. The number of anilines is 1. The molecule has 6 unspecified atom stereocenters. The number of nitrogens with zero attached hydrogens (tertiary/aromatic N) is 1. The Morgan fingerprint density at radius 2 is 1.67 bits per heavy atom. The van der Waals surface area contributed by atoms with E-state index in [-0.39, 0.29) is 22.6 Å². The average Bonchev–Trinajstić information content (AvgIpc) is 2.93. The fourth-order valence-electron chi connectivity index (χ4n) is 6.57. The second kappa shape index (κ2) is 10.2. The molecule has 0 radical (unpaired) electrons. The number of likely N-dealkylation sites (N-methyl/N-ethyl adjacent to an activating group) is 1. The minimum absolute atomic E-state index is 0.201. The van der Waals surface area contributed by atoms with Gasteiger partial charge < -0.3 is 36.0 Å². The van der Waals surface area contributed by atoms with Crippen molar-refractivity contribution in [1.29, 1.82) is 0 Å². The van der Waals surface area contributed by atoms with Gasteiger partial charge in [0.25, 0.3) is 5.91 Å². The van der Waals surface area contributed by atoms with Crippen LogP contribution in [-0.4, -0.2) is 85.8 Å². The number of hydrogen-bond acceptors (Lipinski definition) is 11. The van der Waals surface area contributed by atoms with Crippen molar-refractivity contribution in [2.24, 2.45) is 17.6 Å². The molecular weight excluding hydrogens is 562 g/mol. The Labute approximate surface area is 245 Å². The van der Waals surface area contributed by atoms with Crippen molar-refractivity contribution in [3.63, 3.8) is 0 Å². The molecule has 0 saturated heterocycles. The largest absolute Gasteiger partial charge is 0.510 e. The molecule has 43 heavy (non-hydrogen) atoms. The van der Waals surface area contributed by atoms with Crippen molar-refractivity contribution >= 4 is 29.3 Å². The number of aliphatic hydroxyl groups excluding tert-OH is 3. The zero-order valence-electron chi connectivity index (χ0n) is 23.7. The molecule has 2 aromatic rings. The SMILES string of the molecule is Cc1ccc(OC(=O)Nc2ccc3c(c2O)C(=O)C2=C(O)C4(O)C(=O)C(C(N)=O)=C(O)C(N(C)C)C4C(O)C2C3C)cc1. The van der Waals surface area contributed by atoms with Crippen molar-refractivity contribution in [3.8, 4) is 11.5 Å².